The topological polar surface area (TPSA) is 127 Å². The van der Waals surface area contributed by atoms with Gasteiger partial charge < -0.3 is 17.3 Å². The number of halogens is 5. The van der Waals surface area contributed by atoms with Gasteiger partial charge in [-0.2, -0.15) is 18.4 Å². The van der Waals surface area contributed by atoms with Crippen LogP contribution >= 0.6 is 24.0 Å². The molecule has 0 spiro atoms. The van der Waals surface area contributed by atoms with Crippen LogP contribution in [0.3, 0.4) is 0 Å². The lowest BCUT2D eigenvalue weighted by molar-refractivity contribution is -0.137. The summed E-state index contributed by atoms with van der Waals surface area (Å²) >= 11 is 5.50. The summed E-state index contributed by atoms with van der Waals surface area (Å²) in [6.07, 6.45) is -3.89. The zero-order valence-electron chi connectivity index (χ0n) is 9.86. The maximum Gasteiger partial charge on any atom is 0.417 e. The van der Waals surface area contributed by atoms with E-state index in [1.165, 1.54) is 0 Å². The van der Waals surface area contributed by atoms with Crippen molar-refractivity contribution in [2.75, 3.05) is 0 Å². The number of aromatic nitrogens is 1. The van der Waals surface area contributed by atoms with Crippen LogP contribution in [-0.2, 0) is 12.6 Å². The first-order chi connectivity index (χ1) is 8.72. The Morgan fingerprint density at radius 2 is 1.95 bits per heavy atom. The smallest absolute Gasteiger partial charge is 0.369 e. The lowest BCUT2D eigenvalue weighted by atomic mass is 10.2. The van der Waals surface area contributed by atoms with Crippen molar-refractivity contribution in [1.29, 1.82) is 5.26 Å². The number of hydrazone groups is 1. The van der Waals surface area contributed by atoms with E-state index in [0.29, 0.717) is 6.20 Å². The van der Waals surface area contributed by atoms with Crippen LogP contribution < -0.4 is 17.3 Å². The van der Waals surface area contributed by atoms with Gasteiger partial charge in [0.25, 0.3) is 0 Å². The van der Waals surface area contributed by atoms with Crippen LogP contribution in [0.2, 0.25) is 5.02 Å². The van der Waals surface area contributed by atoms with Gasteiger partial charge in [0.15, 0.2) is 0 Å². The molecule has 0 aliphatic carbocycles. The highest BCUT2D eigenvalue weighted by atomic mass is 35.5. The zero-order valence-corrected chi connectivity index (χ0v) is 11.4. The fourth-order valence-electron chi connectivity index (χ4n) is 0.826. The molecule has 0 bridgehead atoms. The van der Waals surface area contributed by atoms with Crippen molar-refractivity contribution in [3.8, 4) is 6.07 Å². The Morgan fingerprint density at radius 1 is 1.45 bits per heavy atom. The second kappa shape index (κ2) is 9.06. The molecule has 0 unspecified atom stereocenters. The van der Waals surface area contributed by atoms with Crippen LogP contribution in [0.5, 0.6) is 0 Å². The number of nitrogens with zero attached hydrogens (tertiary/aromatic N) is 3. The average molecular weight is 331 g/mol. The number of nitrogens with two attached hydrogens (primary N) is 3. The van der Waals surface area contributed by atoms with E-state index in [1.807, 2.05) is 0 Å². The number of alkyl halides is 3. The lowest BCUT2D eigenvalue weighted by Crippen LogP contribution is -2.23. The van der Waals surface area contributed by atoms with E-state index in [0.717, 1.165) is 6.07 Å². The highest BCUT2D eigenvalue weighted by Gasteiger charge is 2.31. The number of guanidine groups is 1. The molecule has 1 rings (SSSR count). The Balaban J connectivity index is 0. The number of nitriles is 1. The molecule has 20 heavy (non-hydrogen) atoms. The normalized spacial score (nSPS) is 9.35. The molecular formula is C9H11Cl2F3N6. The molecule has 11 heteroatoms. The van der Waals surface area contributed by atoms with Gasteiger partial charge in [-0.1, -0.05) is 11.6 Å². The Hall–Kier alpha value is -1.92. The first kappa shape index (κ1) is 20.4. The second-order valence-electron chi connectivity index (χ2n) is 3.04. The minimum atomic E-state index is -4.46. The van der Waals surface area contributed by atoms with Crippen molar-refractivity contribution in [3.63, 3.8) is 0 Å². The molecule has 0 radical (unpaired) electrons. The molecule has 0 aliphatic heterocycles. The molecular weight excluding hydrogens is 320 g/mol. The van der Waals surface area contributed by atoms with Crippen molar-refractivity contribution in [3.05, 3.63) is 28.5 Å². The SMILES string of the molecule is Cl.N#CCc1ncc(C(F)(F)F)cc1Cl.NN=C(N)N. The Kier molecular flexibility index (Phi) is 9.24. The molecule has 0 amide bonds. The fourth-order valence-corrected chi connectivity index (χ4v) is 1.06. The van der Waals surface area contributed by atoms with E-state index in [2.05, 4.69) is 15.9 Å². The summed E-state index contributed by atoms with van der Waals surface area (Å²) in [5.74, 6) is 4.42. The predicted octanol–water partition coefficient (Wildman–Crippen LogP) is 1.38. The third kappa shape index (κ3) is 7.50. The van der Waals surface area contributed by atoms with Crippen LogP contribution in [0.1, 0.15) is 11.3 Å². The van der Waals surface area contributed by atoms with E-state index < -0.39 is 11.7 Å². The Labute approximate surface area is 123 Å². The van der Waals surface area contributed by atoms with Crippen molar-refractivity contribution in [2.24, 2.45) is 22.4 Å². The highest BCUT2D eigenvalue weighted by molar-refractivity contribution is 6.31. The second-order valence-corrected chi connectivity index (χ2v) is 3.45. The summed E-state index contributed by atoms with van der Waals surface area (Å²) in [6, 6.07) is 2.52. The molecule has 0 fully saturated rings. The first-order valence-corrected chi connectivity index (χ1v) is 4.97. The largest absolute Gasteiger partial charge is 0.417 e. The molecule has 1 aromatic rings. The molecule has 0 saturated carbocycles. The fraction of sp³-hybridized carbons (Fsp3) is 0.222. The summed E-state index contributed by atoms with van der Waals surface area (Å²) in [5, 5.41) is 11.0. The summed E-state index contributed by atoms with van der Waals surface area (Å²) < 4.78 is 36.4. The van der Waals surface area contributed by atoms with Gasteiger partial charge in [0, 0.05) is 6.20 Å². The number of rotatable bonds is 1. The molecule has 0 atom stereocenters. The van der Waals surface area contributed by atoms with E-state index in [-0.39, 0.29) is 35.5 Å². The molecule has 1 aromatic heterocycles. The number of hydrogen-bond donors (Lipinski definition) is 3. The van der Waals surface area contributed by atoms with E-state index in [9.17, 15) is 13.2 Å². The molecule has 0 aliphatic rings. The van der Waals surface area contributed by atoms with Gasteiger partial charge in [-0.3, -0.25) is 4.98 Å². The predicted molar refractivity (Wildman–Crippen MR) is 70.8 cm³/mol. The first-order valence-electron chi connectivity index (χ1n) is 4.59. The van der Waals surface area contributed by atoms with E-state index in [4.69, 9.17) is 28.3 Å². The summed E-state index contributed by atoms with van der Waals surface area (Å²) in [5.41, 5.74) is 8.63. The Morgan fingerprint density at radius 3 is 2.25 bits per heavy atom. The van der Waals surface area contributed by atoms with Crippen LogP contribution in [-0.4, -0.2) is 10.9 Å². The van der Waals surface area contributed by atoms with Gasteiger partial charge in [-0.15, -0.1) is 17.5 Å². The maximum atomic E-state index is 12.1. The standard InChI is InChI=1S/C8H4ClF3N2.CH6N4.ClH/c9-6-3-5(8(10,11)12)4-14-7(6)1-2-13;2-1(3)5-4;/h3-4H,1H2;4H2,(H4,2,3,5);1H. The Bertz CT molecular complexity index is 493. The molecule has 6 nitrogen and oxygen atoms in total. The van der Waals surface area contributed by atoms with Gasteiger partial charge in [-0.05, 0) is 6.07 Å². The van der Waals surface area contributed by atoms with E-state index >= 15 is 0 Å². The van der Waals surface area contributed by atoms with E-state index in [1.54, 1.807) is 6.07 Å². The van der Waals surface area contributed by atoms with Gasteiger partial charge >= 0.3 is 6.18 Å². The minimum absolute atomic E-state index is 0. The zero-order chi connectivity index (χ0) is 15.1. The van der Waals surface area contributed by atoms with Crippen LogP contribution in [0.15, 0.2) is 17.4 Å². The van der Waals surface area contributed by atoms with Crippen LogP contribution in [0, 0.1) is 11.3 Å². The molecule has 1 heterocycles. The number of hydrogen-bond acceptors (Lipinski definition) is 4. The van der Waals surface area contributed by atoms with Gasteiger partial charge in [0.1, 0.15) is 0 Å². The number of pyridine rings is 1. The van der Waals surface area contributed by atoms with Gasteiger partial charge in [0.2, 0.25) is 5.96 Å². The van der Waals surface area contributed by atoms with Gasteiger partial charge in [-0.25, -0.2) is 0 Å². The quantitative estimate of drug-likeness (QED) is 0.310. The van der Waals surface area contributed by atoms with Crippen molar-refractivity contribution in [1.82, 2.24) is 4.98 Å². The molecule has 6 N–H and O–H groups in total. The lowest BCUT2D eigenvalue weighted by Gasteiger charge is -2.07. The van der Waals surface area contributed by atoms with Crippen LogP contribution in [0.4, 0.5) is 13.2 Å². The molecule has 112 valence electrons. The summed E-state index contributed by atoms with van der Waals surface area (Å²) in [6.45, 7) is 0. The summed E-state index contributed by atoms with van der Waals surface area (Å²) in [7, 11) is 0. The summed E-state index contributed by atoms with van der Waals surface area (Å²) in [4.78, 5) is 3.46. The monoisotopic (exact) mass is 330 g/mol. The third-order valence-corrected chi connectivity index (χ3v) is 1.97. The molecule has 0 saturated heterocycles. The maximum absolute atomic E-state index is 12.1. The highest BCUT2D eigenvalue weighted by Crippen LogP contribution is 2.30. The molecule has 0 aromatic carbocycles. The average Bonchev–Trinajstić information content (AvgIpc) is 2.31. The van der Waals surface area contributed by atoms with Crippen LogP contribution in [0.25, 0.3) is 0 Å². The van der Waals surface area contributed by atoms with Crippen molar-refractivity contribution < 1.29 is 13.2 Å². The van der Waals surface area contributed by atoms with Gasteiger partial charge in [0.05, 0.1) is 28.8 Å². The van der Waals surface area contributed by atoms with Crippen molar-refractivity contribution >= 4 is 30.0 Å². The minimum Gasteiger partial charge on any atom is -0.369 e. The third-order valence-electron chi connectivity index (χ3n) is 1.64. The van der Waals surface area contributed by atoms with Crippen molar-refractivity contribution in [2.45, 2.75) is 12.6 Å².